The molecule has 1 saturated heterocycles. The van der Waals surface area contributed by atoms with Gasteiger partial charge in [0.15, 0.2) is 5.56 Å². The van der Waals surface area contributed by atoms with Crippen LogP contribution in [-0.4, -0.2) is 47.1 Å². The second kappa shape index (κ2) is 5.87. The van der Waals surface area contributed by atoms with E-state index in [0.717, 1.165) is 6.42 Å². The van der Waals surface area contributed by atoms with Gasteiger partial charge in [-0.15, -0.1) is 0 Å². The molecule has 1 fully saturated rings. The van der Waals surface area contributed by atoms with Crippen molar-refractivity contribution < 1.29 is 19.6 Å². The zero-order valence-corrected chi connectivity index (χ0v) is 11.1. The number of carbonyl (C=O) groups excluding carboxylic acids is 1. The Bertz CT molecular complexity index is 531. The molecule has 0 bridgehead atoms. The molecule has 1 aromatic rings. The van der Waals surface area contributed by atoms with Crippen LogP contribution in [-0.2, 0) is 0 Å². The molecule has 1 N–H and O–H groups in total. The molecule has 108 valence electrons. The highest BCUT2D eigenvalue weighted by atomic mass is 16.6. The minimum Gasteiger partial charge on any atom is -0.496 e. The second-order valence-corrected chi connectivity index (χ2v) is 4.59. The Hall–Kier alpha value is -2.15. The van der Waals surface area contributed by atoms with E-state index in [2.05, 4.69) is 0 Å². The topological polar surface area (TPSA) is 92.9 Å². The van der Waals surface area contributed by atoms with Crippen LogP contribution in [0, 0.1) is 10.1 Å². The Labute approximate surface area is 115 Å². The molecule has 1 heterocycles. The Balaban J connectivity index is 2.45. The van der Waals surface area contributed by atoms with Gasteiger partial charge in [0.25, 0.3) is 11.6 Å². The zero-order chi connectivity index (χ0) is 14.7. The predicted molar refractivity (Wildman–Crippen MR) is 70.8 cm³/mol. The number of nitrogens with zero attached hydrogens (tertiary/aromatic N) is 2. The van der Waals surface area contributed by atoms with Crippen molar-refractivity contribution in [3.63, 3.8) is 0 Å². The van der Waals surface area contributed by atoms with Crippen molar-refractivity contribution in [1.82, 2.24) is 4.90 Å². The number of methoxy groups -OCH3 is 1. The van der Waals surface area contributed by atoms with E-state index in [1.165, 1.54) is 30.2 Å². The van der Waals surface area contributed by atoms with Gasteiger partial charge in [0.1, 0.15) is 5.75 Å². The number of hydrogen-bond donors (Lipinski definition) is 1. The molecule has 7 heteroatoms. The number of amides is 1. The summed E-state index contributed by atoms with van der Waals surface area (Å²) in [6.45, 7) is 0.341. The maximum atomic E-state index is 12.6. The van der Waals surface area contributed by atoms with E-state index in [-0.39, 0.29) is 29.6 Å². The third kappa shape index (κ3) is 2.44. The maximum Gasteiger partial charge on any atom is 0.285 e. The number of nitro benzene ring substituents is 1. The molecule has 0 unspecified atom stereocenters. The summed E-state index contributed by atoms with van der Waals surface area (Å²) in [6.07, 6.45) is 1.48. The van der Waals surface area contributed by atoms with Gasteiger partial charge in [-0.25, -0.2) is 0 Å². The van der Waals surface area contributed by atoms with Crippen LogP contribution in [0.2, 0.25) is 0 Å². The first-order chi connectivity index (χ1) is 9.60. The van der Waals surface area contributed by atoms with E-state index in [4.69, 9.17) is 4.74 Å². The molecule has 0 saturated carbocycles. The van der Waals surface area contributed by atoms with Gasteiger partial charge >= 0.3 is 0 Å². The summed E-state index contributed by atoms with van der Waals surface area (Å²) in [5.74, 6) is -0.293. The van der Waals surface area contributed by atoms with E-state index in [1.54, 1.807) is 0 Å². The van der Waals surface area contributed by atoms with Crippen LogP contribution in [0.15, 0.2) is 18.2 Å². The molecular formula is C13H16N2O5. The van der Waals surface area contributed by atoms with Crippen LogP contribution in [0.25, 0.3) is 0 Å². The number of nitro groups is 1. The SMILES string of the molecule is COc1cccc([N+](=O)[O-])c1C(=O)N1CCC[C@@H]1CO. The second-order valence-electron chi connectivity index (χ2n) is 4.59. The molecular weight excluding hydrogens is 264 g/mol. The van der Waals surface area contributed by atoms with Gasteiger partial charge in [0.2, 0.25) is 0 Å². The highest BCUT2D eigenvalue weighted by molar-refractivity contribution is 6.01. The highest BCUT2D eigenvalue weighted by Gasteiger charge is 2.34. The van der Waals surface area contributed by atoms with Crippen LogP contribution in [0.5, 0.6) is 5.75 Å². The molecule has 1 aliphatic heterocycles. The normalized spacial score (nSPS) is 18.1. The van der Waals surface area contributed by atoms with E-state index in [9.17, 15) is 20.0 Å². The van der Waals surface area contributed by atoms with Crippen molar-refractivity contribution in [2.45, 2.75) is 18.9 Å². The zero-order valence-electron chi connectivity index (χ0n) is 11.1. The quantitative estimate of drug-likeness (QED) is 0.660. The van der Waals surface area contributed by atoms with E-state index in [0.29, 0.717) is 13.0 Å². The maximum absolute atomic E-state index is 12.6. The number of benzene rings is 1. The molecule has 1 aromatic carbocycles. The summed E-state index contributed by atoms with van der Waals surface area (Å²) in [4.78, 5) is 24.5. The number of hydrogen-bond acceptors (Lipinski definition) is 5. The molecule has 7 nitrogen and oxygen atoms in total. The molecule has 0 aliphatic carbocycles. The minimum absolute atomic E-state index is 0.0552. The summed E-state index contributed by atoms with van der Waals surface area (Å²) in [5.41, 5.74) is -0.335. The van der Waals surface area contributed by atoms with Gasteiger partial charge in [-0.3, -0.25) is 14.9 Å². The average Bonchev–Trinajstić information content (AvgIpc) is 2.93. The minimum atomic E-state index is -0.597. The van der Waals surface area contributed by atoms with E-state index in [1.807, 2.05) is 0 Å². The Morgan fingerprint density at radius 3 is 2.95 bits per heavy atom. The number of likely N-dealkylation sites (tertiary alicyclic amines) is 1. The lowest BCUT2D eigenvalue weighted by Gasteiger charge is -2.23. The largest absolute Gasteiger partial charge is 0.496 e. The first-order valence-corrected chi connectivity index (χ1v) is 6.33. The molecule has 1 aliphatic rings. The molecule has 20 heavy (non-hydrogen) atoms. The van der Waals surface area contributed by atoms with Gasteiger partial charge < -0.3 is 14.7 Å². The standard InChI is InChI=1S/C13H16N2O5/c1-20-11-6-2-5-10(15(18)19)12(11)13(17)14-7-3-4-9(14)8-16/h2,5-6,9,16H,3-4,7-8H2,1H3/t9-/m1/s1. The number of carbonyl (C=O) groups is 1. The lowest BCUT2D eigenvalue weighted by atomic mass is 10.1. The average molecular weight is 280 g/mol. The van der Waals surface area contributed by atoms with Crippen molar-refractivity contribution in [2.24, 2.45) is 0 Å². The fourth-order valence-electron chi connectivity index (χ4n) is 2.49. The Kier molecular flexibility index (Phi) is 4.19. The number of ether oxygens (including phenoxy) is 1. The lowest BCUT2D eigenvalue weighted by molar-refractivity contribution is -0.385. The Morgan fingerprint density at radius 2 is 2.35 bits per heavy atom. The van der Waals surface area contributed by atoms with Crippen molar-refractivity contribution in [3.05, 3.63) is 33.9 Å². The van der Waals surface area contributed by atoms with Crippen LogP contribution < -0.4 is 4.74 Å². The molecule has 0 radical (unpaired) electrons. The number of aliphatic hydroxyl groups excluding tert-OH is 1. The lowest BCUT2D eigenvalue weighted by Crippen LogP contribution is -2.38. The summed E-state index contributed by atoms with van der Waals surface area (Å²) < 4.78 is 5.07. The number of rotatable bonds is 4. The Morgan fingerprint density at radius 1 is 1.60 bits per heavy atom. The van der Waals surface area contributed by atoms with Crippen molar-refractivity contribution in [1.29, 1.82) is 0 Å². The summed E-state index contributed by atoms with van der Waals surface area (Å²) in [6, 6.07) is 3.98. The molecule has 2 rings (SSSR count). The highest BCUT2D eigenvalue weighted by Crippen LogP contribution is 2.31. The van der Waals surface area contributed by atoms with Crippen LogP contribution in [0.1, 0.15) is 23.2 Å². The predicted octanol–water partition coefficient (Wildman–Crippen LogP) is 1.20. The van der Waals surface area contributed by atoms with Crippen LogP contribution >= 0.6 is 0 Å². The van der Waals surface area contributed by atoms with Gasteiger partial charge in [0.05, 0.1) is 24.7 Å². The van der Waals surface area contributed by atoms with Crippen molar-refractivity contribution in [3.8, 4) is 5.75 Å². The molecule has 0 aromatic heterocycles. The molecule has 0 spiro atoms. The summed E-state index contributed by atoms with van der Waals surface area (Å²) >= 11 is 0. The first-order valence-electron chi connectivity index (χ1n) is 6.33. The summed E-state index contributed by atoms with van der Waals surface area (Å²) in [5, 5.41) is 20.4. The van der Waals surface area contributed by atoms with Gasteiger partial charge in [-0.2, -0.15) is 0 Å². The third-order valence-corrected chi connectivity index (χ3v) is 3.48. The fraction of sp³-hybridized carbons (Fsp3) is 0.462. The van der Waals surface area contributed by atoms with Crippen LogP contribution in [0.3, 0.4) is 0 Å². The number of aliphatic hydroxyl groups is 1. The van der Waals surface area contributed by atoms with E-state index >= 15 is 0 Å². The third-order valence-electron chi connectivity index (χ3n) is 3.48. The first kappa shape index (κ1) is 14.3. The fourth-order valence-corrected chi connectivity index (χ4v) is 2.49. The van der Waals surface area contributed by atoms with Gasteiger partial charge in [-0.05, 0) is 18.9 Å². The van der Waals surface area contributed by atoms with Gasteiger partial charge in [-0.1, -0.05) is 6.07 Å². The molecule has 1 amide bonds. The van der Waals surface area contributed by atoms with Crippen LogP contribution in [0.4, 0.5) is 5.69 Å². The molecule has 1 atom stereocenters. The monoisotopic (exact) mass is 280 g/mol. The summed E-state index contributed by atoms with van der Waals surface area (Å²) in [7, 11) is 1.36. The van der Waals surface area contributed by atoms with E-state index < -0.39 is 10.8 Å². The smallest absolute Gasteiger partial charge is 0.285 e. The van der Waals surface area contributed by atoms with Crippen molar-refractivity contribution in [2.75, 3.05) is 20.3 Å². The van der Waals surface area contributed by atoms with Crippen molar-refractivity contribution >= 4 is 11.6 Å². The van der Waals surface area contributed by atoms with Gasteiger partial charge in [0, 0.05) is 12.6 Å².